The predicted molar refractivity (Wildman–Crippen MR) is 68.5 cm³/mol. The van der Waals surface area contributed by atoms with Gasteiger partial charge in [-0.3, -0.25) is 4.79 Å². The van der Waals surface area contributed by atoms with E-state index in [1.54, 1.807) is 0 Å². The molecule has 0 spiro atoms. The van der Waals surface area contributed by atoms with Gasteiger partial charge in [-0.25, -0.2) is 0 Å². The Kier molecular flexibility index (Phi) is 3.76. The maximum atomic E-state index is 11.7. The van der Waals surface area contributed by atoms with Crippen molar-refractivity contribution in [1.82, 2.24) is 0 Å². The van der Waals surface area contributed by atoms with Crippen molar-refractivity contribution in [2.24, 2.45) is 23.7 Å². The lowest BCUT2D eigenvalue weighted by Gasteiger charge is -2.49. The van der Waals surface area contributed by atoms with Gasteiger partial charge in [0.2, 0.25) is 0 Å². The summed E-state index contributed by atoms with van der Waals surface area (Å²) in [4.78, 5) is 11.8. The Labute approximate surface area is 110 Å². The SMILES string of the molecule is O=C1CC2[C@@H](CBr)C(C[C@H]1Br)[C@H]2CBr. The summed E-state index contributed by atoms with van der Waals surface area (Å²) in [7, 11) is 0. The van der Waals surface area contributed by atoms with Crippen LogP contribution in [0.5, 0.6) is 0 Å². The van der Waals surface area contributed by atoms with Crippen molar-refractivity contribution in [2.75, 3.05) is 10.7 Å². The smallest absolute Gasteiger partial charge is 0.146 e. The Bertz CT molecular complexity index is 232. The Morgan fingerprint density at radius 1 is 1.14 bits per heavy atom. The number of carbonyl (C=O) groups excluding carboxylic acids is 1. The van der Waals surface area contributed by atoms with E-state index in [1.807, 2.05) is 0 Å². The van der Waals surface area contributed by atoms with Gasteiger partial charge in [0.1, 0.15) is 5.78 Å². The van der Waals surface area contributed by atoms with Gasteiger partial charge in [-0.1, -0.05) is 47.8 Å². The minimum atomic E-state index is 0.114. The number of halogens is 3. The molecule has 0 heterocycles. The maximum absolute atomic E-state index is 11.7. The fourth-order valence-corrected chi connectivity index (χ4v) is 5.50. The van der Waals surface area contributed by atoms with Crippen LogP contribution in [-0.4, -0.2) is 21.3 Å². The Hall–Kier alpha value is 1.11. The van der Waals surface area contributed by atoms with Gasteiger partial charge < -0.3 is 0 Å². The largest absolute Gasteiger partial charge is 0.298 e. The summed E-state index contributed by atoms with van der Waals surface area (Å²) in [5.74, 6) is 3.21. The molecule has 3 saturated carbocycles. The third kappa shape index (κ3) is 1.75. The summed E-state index contributed by atoms with van der Waals surface area (Å²) in [6.45, 7) is 0. The van der Waals surface area contributed by atoms with Crippen molar-refractivity contribution < 1.29 is 4.79 Å². The molecule has 80 valence electrons. The molecule has 3 fully saturated rings. The minimum Gasteiger partial charge on any atom is -0.298 e. The summed E-state index contributed by atoms with van der Waals surface area (Å²) in [6, 6.07) is 0. The van der Waals surface area contributed by atoms with Crippen molar-refractivity contribution in [1.29, 1.82) is 0 Å². The standard InChI is InChI=1S/C10H13Br3O/c11-3-7-5-1-9(13)10(14)2-6(7)8(5)4-12/h5-9H,1-4H2/t5?,6?,7-,8+,9-/m1/s1. The average molecular weight is 389 g/mol. The third-order valence-corrected chi connectivity index (χ3v) is 6.20. The molecule has 3 aliphatic carbocycles. The molecule has 2 bridgehead atoms. The van der Waals surface area contributed by atoms with E-state index in [4.69, 9.17) is 0 Å². The van der Waals surface area contributed by atoms with Crippen LogP contribution in [0.25, 0.3) is 0 Å². The Balaban J connectivity index is 2.16. The van der Waals surface area contributed by atoms with Crippen LogP contribution >= 0.6 is 47.8 Å². The monoisotopic (exact) mass is 386 g/mol. The number of Topliss-reactive ketones (excluding diaryl/α,β-unsaturated/α-hetero) is 1. The van der Waals surface area contributed by atoms with E-state index in [0.717, 1.165) is 41.3 Å². The van der Waals surface area contributed by atoms with Crippen molar-refractivity contribution >= 4 is 53.6 Å². The molecule has 3 rings (SSSR count). The molecule has 14 heavy (non-hydrogen) atoms. The number of alkyl halides is 3. The third-order valence-electron chi connectivity index (χ3n) is 3.82. The van der Waals surface area contributed by atoms with Crippen LogP contribution in [0.1, 0.15) is 12.8 Å². The van der Waals surface area contributed by atoms with E-state index < -0.39 is 0 Å². The highest BCUT2D eigenvalue weighted by Crippen LogP contribution is 2.54. The molecule has 0 aromatic heterocycles. The molecule has 0 amide bonds. The lowest BCUT2D eigenvalue weighted by Crippen LogP contribution is -2.47. The first-order valence-corrected chi connectivity index (χ1v) is 8.13. The molecule has 3 aliphatic rings. The normalized spacial score (nSPS) is 47.1. The van der Waals surface area contributed by atoms with E-state index >= 15 is 0 Å². The second-order valence-electron chi connectivity index (χ2n) is 4.34. The van der Waals surface area contributed by atoms with E-state index in [9.17, 15) is 4.79 Å². The molecule has 4 heteroatoms. The van der Waals surface area contributed by atoms with Crippen molar-refractivity contribution in [3.8, 4) is 0 Å². The number of hydrogen-bond donors (Lipinski definition) is 0. The Morgan fingerprint density at radius 2 is 1.71 bits per heavy atom. The van der Waals surface area contributed by atoms with Gasteiger partial charge in [0.05, 0.1) is 4.83 Å². The van der Waals surface area contributed by atoms with Gasteiger partial charge in [0.25, 0.3) is 0 Å². The predicted octanol–water partition coefficient (Wildman–Crippen LogP) is 3.38. The van der Waals surface area contributed by atoms with E-state index in [0.29, 0.717) is 11.7 Å². The molecule has 0 N–H and O–H groups in total. The van der Waals surface area contributed by atoms with Crippen molar-refractivity contribution in [3.05, 3.63) is 0 Å². The molecule has 0 aromatic carbocycles. The second kappa shape index (κ2) is 4.54. The van der Waals surface area contributed by atoms with Crippen LogP contribution in [0.4, 0.5) is 0 Å². The second-order valence-corrected chi connectivity index (χ2v) is 6.74. The zero-order chi connectivity index (χ0) is 10.3. The average Bonchev–Trinajstić information content (AvgIpc) is 2.35. The summed E-state index contributed by atoms with van der Waals surface area (Å²) in [6.07, 6.45) is 1.81. The zero-order valence-electron chi connectivity index (χ0n) is 7.76. The number of ketones is 1. The van der Waals surface area contributed by atoms with Crippen molar-refractivity contribution in [3.63, 3.8) is 0 Å². The molecule has 1 nitrogen and oxygen atoms in total. The van der Waals surface area contributed by atoms with Crippen LogP contribution < -0.4 is 0 Å². The quantitative estimate of drug-likeness (QED) is 0.663. The fraction of sp³-hybridized carbons (Fsp3) is 0.900. The first-order chi connectivity index (χ1) is 6.69. The first kappa shape index (κ1) is 11.6. The molecule has 5 atom stereocenters. The number of fused-ring (bicyclic) bond motifs is 3. The molecule has 0 aliphatic heterocycles. The zero-order valence-corrected chi connectivity index (χ0v) is 12.5. The summed E-state index contributed by atoms with van der Waals surface area (Å²) in [5, 5.41) is 2.11. The van der Waals surface area contributed by atoms with Crippen LogP contribution in [0.2, 0.25) is 0 Å². The highest BCUT2D eigenvalue weighted by atomic mass is 79.9. The minimum absolute atomic E-state index is 0.114. The molecule has 0 saturated heterocycles. The van der Waals surface area contributed by atoms with E-state index in [2.05, 4.69) is 47.8 Å². The first-order valence-electron chi connectivity index (χ1n) is 4.97. The van der Waals surface area contributed by atoms with Gasteiger partial charge >= 0.3 is 0 Å². The summed E-state index contributed by atoms with van der Waals surface area (Å²) < 4.78 is 0. The van der Waals surface area contributed by atoms with E-state index in [1.165, 1.54) is 0 Å². The van der Waals surface area contributed by atoms with Crippen LogP contribution in [0, 0.1) is 23.7 Å². The molecular formula is C10H13Br3O. The molecular weight excluding hydrogens is 376 g/mol. The molecule has 0 radical (unpaired) electrons. The number of hydrogen-bond acceptors (Lipinski definition) is 1. The highest BCUT2D eigenvalue weighted by Gasteiger charge is 2.52. The van der Waals surface area contributed by atoms with Gasteiger partial charge in [0.15, 0.2) is 0 Å². The van der Waals surface area contributed by atoms with Gasteiger partial charge in [0, 0.05) is 17.1 Å². The van der Waals surface area contributed by atoms with Gasteiger partial charge in [-0.05, 0) is 30.1 Å². The summed E-state index contributed by atoms with van der Waals surface area (Å²) in [5.41, 5.74) is 0. The van der Waals surface area contributed by atoms with Gasteiger partial charge in [-0.15, -0.1) is 0 Å². The Morgan fingerprint density at radius 3 is 2.21 bits per heavy atom. The topological polar surface area (TPSA) is 17.1 Å². The van der Waals surface area contributed by atoms with Crippen molar-refractivity contribution in [2.45, 2.75) is 17.7 Å². The lowest BCUT2D eigenvalue weighted by atomic mass is 9.57. The lowest BCUT2D eigenvalue weighted by molar-refractivity contribution is -0.119. The van der Waals surface area contributed by atoms with Crippen LogP contribution in [0.15, 0.2) is 0 Å². The molecule has 2 unspecified atom stereocenters. The van der Waals surface area contributed by atoms with Crippen LogP contribution in [0.3, 0.4) is 0 Å². The molecule has 0 aromatic rings. The van der Waals surface area contributed by atoms with Crippen LogP contribution in [-0.2, 0) is 4.79 Å². The number of carbonyl (C=O) groups is 1. The number of rotatable bonds is 2. The summed E-state index contributed by atoms with van der Waals surface area (Å²) >= 11 is 10.6. The van der Waals surface area contributed by atoms with Gasteiger partial charge in [-0.2, -0.15) is 0 Å². The maximum Gasteiger partial charge on any atom is 0.146 e. The highest BCUT2D eigenvalue weighted by molar-refractivity contribution is 9.10. The fourth-order valence-electron chi connectivity index (χ4n) is 2.97. The van der Waals surface area contributed by atoms with E-state index in [-0.39, 0.29) is 4.83 Å².